The molecule has 2 rings (SSSR count). The van der Waals surface area contributed by atoms with Crippen LogP contribution in [-0.4, -0.2) is 28.0 Å². The number of nitrogens with one attached hydrogen (secondary N) is 1. The Morgan fingerprint density at radius 2 is 2.14 bits per heavy atom. The zero-order valence-corrected chi connectivity index (χ0v) is 13.1. The molecule has 1 aromatic carbocycles. The van der Waals surface area contributed by atoms with Crippen LogP contribution in [0.1, 0.15) is 37.3 Å². The lowest BCUT2D eigenvalue weighted by Crippen LogP contribution is -2.37. The molecular formula is C13H18BFN2O3S. The van der Waals surface area contributed by atoms with Crippen LogP contribution in [0.25, 0.3) is 0 Å². The van der Waals surface area contributed by atoms with Crippen molar-refractivity contribution in [3.8, 4) is 0 Å². The van der Waals surface area contributed by atoms with Crippen LogP contribution in [0.3, 0.4) is 0 Å². The van der Waals surface area contributed by atoms with E-state index in [4.69, 9.17) is 0 Å². The minimum Gasteiger partial charge on any atom is -0.310 e. The second-order valence-electron chi connectivity index (χ2n) is 5.35. The molecule has 1 unspecified atom stereocenters. The molecule has 1 aromatic rings. The first-order valence-corrected chi connectivity index (χ1v) is 8.69. The number of carbonyl (C=O) groups excluding carboxylic acids is 1. The third kappa shape index (κ3) is 3.44. The standard InChI is InChI=1S/C13H18BFN2O3S/c1-3-17-12(18)4-8(2)10-5-9(6-11(15)13(10)17)7-16-21(14,19)20/h5-6,8,16H,3-4,7,14H2,1-2H3. The molecule has 114 valence electrons. The first-order chi connectivity index (χ1) is 9.73. The Hall–Kier alpha value is -1.41. The summed E-state index contributed by atoms with van der Waals surface area (Å²) in [6.07, 6.45) is 0.337. The molecule has 1 heterocycles. The van der Waals surface area contributed by atoms with E-state index in [1.54, 1.807) is 13.0 Å². The number of hydrogen-bond donors (Lipinski definition) is 1. The number of hydrogen-bond acceptors (Lipinski definition) is 3. The second-order valence-corrected chi connectivity index (χ2v) is 7.18. The summed E-state index contributed by atoms with van der Waals surface area (Å²) in [6, 6.07) is 3.06. The predicted molar refractivity (Wildman–Crippen MR) is 81.8 cm³/mol. The van der Waals surface area contributed by atoms with Gasteiger partial charge in [0.05, 0.1) is 5.69 Å². The zero-order valence-electron chi connectivity index (χ0n) is 12.3. The average Bonchev–Trinajstić information content (AvgIpc) is 2.37. The van der Waals surface area contributed by atoms with Crippen molar-refractivity contribution in [2.24, 2.45) is 0 Å². The van der Waals surface area contributed by atoms with Crippen LogP contribution in [0.4, 0.5) is 10.1 Å². The van der Waals surface area contributed by atoms with E-state index in [0.717, 1.165) is 12.7 Å². The average molecular weight is 312 g/mol. The van der Waals surface area contributed by atoms with Crippen molar-refractivity contribution in [2.75, 3.05) is 11.4 Å². The minimum absolute atomic E-state index is 0.0375. The Morgan fingerprint density at radius 3 is 2.71 bits per heavy atom. The summed E-state index contributed by atoms with van der Waals surface area (Å²) in [4.78, 5) is 13.4. The third-order valence-corrected chi connectivity index (χ3v) is 4.26. The van der Waals surface area contributed by atoms with Gasteiger partial charge in [-0.25, -0.2) is 17.5 Å². The van der Waals surface area contributed by atoms with Gasteiger partial charge in [0.15, 0.2) is 9.87 Å². The van der Waals surface area contributed by atoms with Gasteiger partial charge in [-0.05, 0) is 30.0 Å². The molecule has 0 aliphatic carbocycles. The molecule has 0 spiro atoms. The molecule has 0 fully saturated rings. The molecule has 1 atom stereocenters. The third-order valence-electron chi connectivity index (χ3n) is 3.59. The van der Waals surface area contributed by atoms with Crippen molar-refractivity contribution >= 4 is 28.6 Å². The Morgan fingerprint density at radius 1 is 1.48 bits per heavy atom. The number of amides is 1. The Kier molecular flexibility index (Phi) is 4.39. The molecule has 0 aromatic heterocycles. The van der Waals surface area contributed by atoms with Crippen molar-refractivity contribution in [1.29, 1.82) is 0 Å². The Balaban J connectivity index is 2.42. The first-order valence-electron chi connectivity index (χ1n) is 6.80. The van der Waals surface area contributed by atoms with Gasteiger partial charge in [0.2, 0.25) is 5.91 Å². The molecule has 1 aliphatic rings. The Labute approximate surface area is 124 Å². The maximum absolute atomic E-state index is 14.4. The summed E-state index contributed by atoms with van der Waals surface area (Å²) < 4.78 is 39.0. The maximum atomic E-state index is 14.4. The fourth-order valence-corrected chi connectivity index (χ4v) is 3.03. The van der Waals surface area contributed by atoms with Crippen molar-refractivity contribution in [1.82, 2.24) is 4.72 Å². The molecule has 1 N–H and O–H groups in total. The van der Waals surface area contributed by atoms with E-state index in [1.165, 1.54) is 11.0 Å². The van der Waals surface area contributed by atoms with Crippen molar-refractivity contribution in [2.45, 2.75) is 32.7 Å². The van der Waals surface area contributed by atoms with Crippen molar-refractivity contribution in [3.05, 3.63) is 29.1 Å². The van der Waals surface area contributed by atoms with E-state index in [2.05, 4.69) is 4.72 Å². The molecule has 21 heavy (non-hydrogen) atoms. The topological polar surface area (TPSA) is 66.5 Å². The minimum atomic E-state index is -3.33. The fourth-order valence-electron chi connectivity index (χ4n) is 2.60. The molecule has 0 saturated heterocycles. The highest BCUT2D eigenvalue weighted by Gasteiger charge is 2.30. The predicted octanol–water partition coefficient (Wildman–Crippen LogP) is 0.653. The van der Waals surface area contributed by atoms with Crippen LogP contribution in [0.2, 0.25) is 0 Å². The van der Waals surface area contributed by atoms with E-state index >= 15 is 0 Å². The molecular weight excluding hydrogens is 294 g/mol. The number of carbonyl (C=O) groups is 1. The van der Waals surface area contributed by atoms with Crippen LogP contribution in [0.5, 0.6) is 0 Å². The zero-order chi connectivity index (χ0) is 15.8. The number of fused-ring (bicyclic) bond motifs is 1. The summed E-state index contributed by atoms with van der Waals surface area (Å²) in [6.45, 7) is 4.12. The SMILES string of the molecule is BS(=O)(=O)NCc1cc(F)c2c(c1)C(C)CC(=O)N2CC. The number of anilines is 1. The molecule has 0 saturated carbocycles. The lowest BCUT2D eigenvalue weighted by Gasteiger charge is -2.32. The van der Waals surface area contributed by atoms with Crippen LogP contribution in [0, 0.1) is 5.82 Å². The fraction of sp³-hybridized carbons (Fsp3) is 0.462. The summed E-state index contributed by atoms with van der Waals surface area (Å²) >= 11 is 0. The van der Waals surface area contributed by atoms with Crippen LogP contribution in [-0.2, 0) is 21.2 Å². The number of nitrogens with zero attached hydrogens (tertiary/aromatic N) is 1. The van der Waals surface area contributed by atoms with Crippen LogP contribution >= 0.6 is 0 Å². The summed E-state index contributed by atoms with van der Waals surface area (Å²) in [5, 5.41) is 0. The smallest absolute Gasteiger partial charge is 0.275 e. The quantitative estimate of drug-likeness (QED) is 0.830. The van der Waals surface area contributed by atoms with Gasteiger partial charge in [-0.1, -0.05) is 13.0 Å². The molecule has 1 aliphatic heterocycles. The lowest BCUT2D eigenvalue weighted by molar-refractivity contribution is -0.119. The summed E-state index contributed by atoms with van der Waals surface area (Å²) in [5.74, 6) is -0.652. The molecule has 0 radical (unpaired) electrons. The van der Waals surface area contributed by atoms with Gasteiger partial charge in [0, 0.05) is 19.5 Å². The lowest BCUT2D eigenvalue weighted by atomic mass is 9.89. The van der Waals surface area contributed by atoms with Gasteiger partial charge in [0.25, 0.3) is 7.12 Å². The largest absolute Gasteiger partial charge is 0.310 e. The molecule has 8 heteroatoms. The van der Waals surface area contributed by atoms with Gasteiger partial charge >= 0.3 is 0 Å². The maximum Gasteiger partial charge on any atom is 0.275 e. The highest BCUT2D eigenvalue weighted by atomic mass is 32.2. The van der Waals surface area contributed by atoms with E-state index in [-0.39, 0.29) is 18.4 Å². The van der Waals surface area contributed by atoms with Gasteiger partial charge in [-0.15, -0.1) is 0 Å². The summed E-state index contributed by atoms with van der Waals surface area (Å²) in [5.41, 5.74) is 1.63. The number of rotatable bonds is 4. The number of halogens is 1. The normalized spacial score (nSPS) is 18.7. The second kappa shape index (κ2) is 5.77. The van der Waals surface area contributed by atoms with Gasteiger partial charge < -0.3 is 4.90 Å². The van der Waals surface area contributed by atoms with Gasteiger partial charge in [0.1, 0.15) is 5.82 Å². The monoisotopic (exact) mass is 312 g/mol. The van der Waals surface area contributed by atoms with E-state index in [0.29, 0.717) is 24.2 Å². The van der Waals surface area contributed by atoms with E-state index in [1.807, 2.05) is 6.92 Å². The summed E-state index contributed by atoms with van der Waals surface area (Å²) in [7, 11) is -2.27. The molecule has 1 amide bonds. The highest BCUT2D eigenvalue weighted by Crippen LogP contribution is 2.38. The van der Waals surface area contributed by atoms with Crippen molar-refractivity contribution < 1.29 is 17.6 Å². The van der Waals surface area contributed by atoms with Crippen LogP contribution < -0.4 is 9.62 Å². The number of benzene rings is 1. The first kappa shape index (κ1) is 16.0. The van der Waals surface area contributed by atoms with Crippen molar-refractivity contribution in [3.63, 3.8) is 0 Å². The van der Waals surface area contributed by atoms with Gasteiger partial charge in [-0.3, -0.25) is 4.79 Å². The molecule has 5 nitrogen and oxygen atoms in total. The molecule has 0 bridgehead atoms. The Bertz CT molecular complexity index is 678. The van der Waals surface area contributed by atoms with Crippen LogP contribution in [0.15, 0.2) is 12.1 Å². The van der Waals surface area contributed by atoms with Gasteiger partial charge in [-0.2, -0.15) is 0 Å². The van der Waals surface area contributed by atoms with E-state index in [9.17, 15) is 17.6 Å². The highest BCUT2D eigenvalue weighted by molar-refractivity contribution is 8.10. The van der Waals surface area contributed by atoms with E-state index < -0.39 is 15.7 Å².